The van der Waals surface area contributed by atoms with E-state index in [0.717, 1.165) is 36.8 Å². The zero-order chi connectivity index (χ0) is 26.4. The molecular weight excluding hydrogens is 502 g/mol. The Morgan fingerprint density at radius 2 is 1.84 bits per heavy atom. The van der Waals surface area contributed by atoms with Gasteiger partial charge >= 0.3 is 0 Å². The molecule has 1 saturated carbocycles. The third kappa shape index (κ3) is 4.22. The number of likely N-dealkylation sites (tertiary alicyclic amines) is 1. The molecule has 2 N–H and O–H groups in total. The smallest absolute Gasteiger partial charge is 0.246 e. The van der Waals surface area contributed by atoms with Crippen LogP contribution in [0.4, 0.5) is 5.69 Å². The van der Waals surface area contributed by atoms with Gasteiger partial charge in [-0.15, -0.1) is 0 Å². The summed E-state index contributed by atoms with van der Waals surface area (Å²) in [7, 11) is 0. The quantitative estimate of drug-likeness (QED) is 0.539. The fraction of sp³-hybridized carbons (Fsp3) is 0.433. The molecule has 198 valence electrons. The van der Waals surface area contributed by atoms with Crippen LogP contribution in [0.5, 0.6) is 0 Å². The van der Waals surface area contributed by atoms with Crippen molar-refractivity contribution < 1.29 is 19.1 Å². The van der Waals surface area contributed by atoms with Crippen molar-refractivity contribution in [3.63, 3.8) is 0 Å². The van der Waals surface area contributed by atoms with E-state index in [9.17, 15) is 14.4 Å². The van der Waals surface area contributed by atoms with Crippen molar-refractivity contribution in [2.75, 3.05) is 5.32 Å². The molecule has 2 aromatic carbocycles. The van der Waals surface area contributed by atoms with Crippen LogP contribution in [0.15, 0.2) is 60.7 Å². The number of rotatable bonds is 6. The van der Waals surface area contributed by atoms with E-state index in [1.165, 1.54) is 6.42 Å². The summed E-state index contributed by atoms with van der Waals surface area (Å²) in [5.41, 5.74) is 1.21. The molecule has 2 aromatic rings. The Bertz CT molecular complexity index is 1290. The summed E-state index contributed by atoms with van der Waals surface area (Å²) in [6.45, 7) is 2.16. The molecule has 5 unspecified atom stereocenters. The van der Waals surface area contributed by atoms with E-state index in [0.29, 0.717) is 10.7 Å². The van der Waals surface area contributed by atoms with Crippen LogP contribution in [-0.4, -0.2) is 46.4 Å². The van der Waals surface area contributed by atoms with Crippen molar-refractivity contribution in [3.05, 3.63) is 76.8 Å². The van der Waals surface area contributed by atoms with E-state index in [-0.39, 0.29) is 30.3 Å². The Kier molecular flexibility index (Phi) is 6.52. The van der Waals surface area contributed by atoms with Gasteiger partial charge in [0.1, 0.15) is 11.6 Å². The van der Waals surface area contributed by atoms with Crippen molar-refractivity contribution in [2.45, 2.75) is 69.4 Å². The topological polar surface area (TPSA) is 87.7 Å². The molecule has 7 nitrogen and oxygen atoms in total. The number of halogens is 1. The van der Waals surface area contributed by atoms with Gasteiger partial charge in [-0.25, -0.2) is 0 Å². The van der Waals surface area contributed by atoms with E-state index in [1.807, 2.05) is 55.5 Å². The molecule has 3 fully saturated rings. The predicted molar refractivity (Wildman–Crippen MR) is 144 cm³/mol. The average Bonchev–Trinajstić information content (AvgIpc) is 3.55. The maximum atomic E-state index is 14.1. The van der Waals surface area contributed by atoms with Crippen molar-refractivity contribution >= 4 is 35.0 Å². The minimum atomic E-state index is -1.18. The number of amides is 3. The van der Waals surface area contributed by atoms with E-state index in [4.69, 9.17) is 16.3 Å². The normalized spacial score (nSPS) is 29.9. The molecule has 1 aliphatic carbocycles. The summed E-state index contributed by atoms with van der Waals surface area (Å²) >= 11 is 6.27. The molecule has 0 radical (unpaired) electrons. The molecule has 38 heavy (non-hydrogen) atoms. The molecule has 8 heteroatoms. The third-order valence-corrected chi connectivity index (χ3v) is 8.92. The predicted octanol–water partition coefficient (Wildman–Crippen LogP) is 4.39. The van der Waals surface area contributed by atoms with Gasteiger partial charge in [0.15, 0.2) is 0 Å². The van der Waals surface area contributed by atoms with Crippen LogP contribution < -0.4 is 10.6 Å². The fourth-order valence-corrected chi connectivity index (χ4v) is 6.82. The average molecular weight is 534 g/mol. The fourth-order valence-electron chi connectivity index (χ4n) is 6.64. The number of carbonyl (C=O) groups is 3. The number of hydrogen-bond donors (Lipinski definition) is 2. The first-order valence-electron chi connectivity index (χ1n) is 13.5. The number of hydrogen-bond acceptors (Lipinski definition) is 4. The zero-order valence-corrected chi connectivity index (χ0v) is 22.1. The van der Waals surface area contributed by atoms with E-state index < -0.39 is 29.6 Å². The summed E-state index contributed by atoms with van der Waals surface area (Å²) in [5, 5.41) is 6.70. The van der Waals surface area contributed by atoms with Crippen molar-refractivity contribution in [3.8, 4) is 0 Å². The Hall–Kier alpha value is -3.16. The van der Waals surface area contributed by atoms with Gasteiger partial charge < -0.3 is 20.3 Å². The highest BCUT2D eigenvalue weighted by atomic mass is 35.5. The van der Waals surface area contributed by atoms with Gasteiger partial charge in [-0.1, -0.05) is 79.4 Å². The lowest BCUT2D eigenvalue weighted by atomic mass is 9.74. The number of fused-ring (bicyclic) bond motifs is 1. The second-order valence-corrected chi connectivity index (χ2v) is 11.4. The lowest BCUT2D eigenvalue weighted by Gasteiger charge is -2.34. The highest BCUT2D eigenvalue weighted by Crippen LogP contribution is 2.55. The summed E-state index contributed by atoms with van der Waals surface area (Å²) in [4.78, 5) is 43.2. The first-order chi connectivity index (χ1) is 18.4. The van der Waals surface area contributed by atoms with Gasteiger partial charge in [-0.05, 0) is 43.0 Å². The SMILES string of the molecule is Cc1ccc(NC(=O)C2C3C=CC4(O3)C2C(=O)N(Cc2ccccc2)C4C(=O)NC2CCCCC2)cc1Cl. The first kappa shape index (κ1) is 25.1. The van der Waals surface area contributed by atoms with Crippen LogP contribution in [0.3, 0.4) is 0 Å². The number of nitrogens with zero attached hydrogens (tertiary/aromatic N) is 1. The van der Waals surface area contributed by atoms with Gasteiger partial charge in [0, 0.05) is 23.3 Å². The Balaban J connectivity index is 1.32. The number of ether oxygens (including phenoxy) is 1. The Morgan fingerprint density at radius 3 is 2.58 bits per heavy atom. The second-order valence-electron chi connectivity index (χ2n) is 10.9. The van der Waals surface area contributed by atoms with E-state index >= 15 is 0 Å². The molecule has 3 heterocycles. The molecule has 4 aliphatic rings. The lowest BCUT2D eigenvalue weighted by Crippen LogP contribution is -2.56. The monoisotopic (exact) mass is 533 g/mol. The van der Waals surface area contributed by atoms with Crippen molar-refractivity contribution in [1.29, 1.82) is 0 Å². The molecule has 5 atom stereocenters. The summed E-state index contributed by atoms with van der Waals surface area (Å²) in [6.07, 6.45) is 8.33. The third-order valence-electron chi connectivity index (χ3n) is 8.51. The highest BCUT2D eigenvalue weighted by molar-refractivity contribution is 6.31. The standard InChI is InChI=1S/C30H32ClN3O4/c1-18-12-13-21(16-22(18)31)33-27(35)24-23-14-15-30(38-23)25(24)29(37)34(17-19-8-4-2-5-9-19)26(30)28(36)32-20-10-6-3-7-11-20/h2,4-5,8-9,12-16,20,23-26H,3,6-7,10-11,17H2,1H3,(H,32,36)(H,33,35). The van der Waals surface area contributed by atoms with Crippen molar-refractivity contribution in [1.82, 2.24) is 10.2 Å². The molecule has 6 rings (SSSR count). The molecular formula is C30H32ClN3O4. The lowest BCUT2D eigenvalue weighted by molar-refractivity contribution is -0.142. The van der Waals surface area contributed by atoms with Crippen LogP contribution >= 0.6 is 11.6 Å². The van der Waals surface area contributed by atoms with Crippen LogP contribution in [0.1, 0.15) is 43.2 Å². The summed E-state index contributed by atoms with van der Waals surface area (Å²) in [5.74, 6) is -2.29. The van der Waals surface area contributed by atoms with Gasteiger partial charge in [-0.3, -0.25) is 14.4 Å². The molecule has 2 bridgehead atoms. The molecule has 1 spiro atoms. The van der Waals surface area contributed by atoms with Crippen molar-refractivity contribution in [2.24, 2.45) is 11.8 Å². The maximum absolute atomic E-state index is 14.1. The number of carbonyl (C=O) groups excluding carboxylic acids is 3. The summed E-state index contributed by atoms with van der Waals surface area (Å²) < 4.78 is 6.44. The number of anilines is 1. The van der Waals surface area contributed by atoms with Gasteiger partial charge in [0.05, 0.1) is 17.9 Å². The van der Waals surface area contributed by atoms with Crippen LogP contribution in [-0.2, 0) is 25.7 Å². The Morgan fingerprint density at radius 1 is 1.08 bits per heavy atom. The number of benzene rings is 2. The minimum absolute atomic E-state index is 0.0911. The molecule has 0 aromatic heterocycles. The van der Waals surface area contributed by atoms with Crippen LogP contribution in [0, 0.1) is 18.8 Å². The second kappa shape index (κ2) is 9.86. The van der Waals surface area contributed by atoms with E-state index in [2.05, 4.69) is 10.6 Å². The first-order valence-corrected chi connectivity index (χ1v) is 13.8. The molecule has 2 saturated heterocycles. The zero-order valence-electron chi connectivity index (χ0n) is 21.4. The van der Waals surface area contributed by atoms with Gasteiger partial charge in [0.2, 0.25) is 17.7 Å². The molecule has 3 aliphatic heterocycles. The van der Waals surface area contributed by atoms with Gasteiger partial charge in [-0.2, -0.15) is 0 Å². The van der Waals surface area contributed by atoms with Crippen LogP contribution in [0.2, 0.25) is 5.02 Å². The maximum Gasteiger partial charge on any atom is 0.246 e. The highest BCUT2D eigenvalue weighted by Gasteiger charge is 2.72. The summed E-state index contributed by atoms with van der Waals surface area (Å²) in [6, 6.07) is 14.2. The number of nitrogens with one attached hydrogen (secondary N) is 2. The largest absolute Gasteiger partial charge is 0.359 e. The molecule has 3 amide bonds. The Labute approximate surface area is 227 Å². The van der Waals surface area contributed by atoms with Gasteiger partial charge in [0.25, 0.3) is 0 Å². The van der Waals surface area contributed by atoms with E-state index in [1.54, 1.807) is 17.0 Å². The minimum Gasteiger partial charge on any atom is -0.359 e. The number of aryl methyl sites for hydroxylation is 1. The van der Waals surface area contributed by atoms with Crippen LogP contribution in [0.25, 0.3) is 0 Å².